The van der Waals surface area contributed by atoms with Crippen LogP contribution in [0.3, 0.4) is 0 Å². The molecule has 1 amide bonds. The second-order valence-corrected chi connectivity index (χ2v) is 4.29. The third kappa shape index (κ3) is 2.30. The van der Waals surface area contributed by atoms with Crippen LogP contribution >= 0.6 is 0 Å². The Morgan fingerprint density at radius 2 is 2.27 bits per heavy atom. The van der Waals surface area contributed by atoms with E-state index in [-0.39, 0.29) is 24.2 Å². The summed E-state index contributed by atoms with van der Waals surface area (Å²) in [5.41, 5.74) is 5.48. The number of aliphatic hydroxyl groups is 1. The van der Waals surface area contributed by atoms with Crippen LogP contribution in [0.5, 0.6) is 0 Å². The summed E-state index contributed by atoms with van der Waals surface area (Å²) in [5, 5.41) is 9.33. The molecule has 2 aliphatic rings. The fourth-order valence-corrected chi connectivity index (χ4v) is 2.21. The lowest BCUT2D eigenvalue weighted by Gasteiger charge is -2.20. The number of aliphatic hydroxyl groups excluding tert-OH is 1. The Morgan fingerprint density at radius 3 is 2.80 bits per heavy atom. The number of nitrogens with two attached hydrogens (primary N) is 1. The van der Waals surface area contributed by atoms with E-state index in [1.54, 1.807) is 4.90 Å². The van der Waals surface area contributed by atoms with Gasteiger partial charge in [-0.15, -0.1) is 0 Å². The molecular formula is C10H18N2O3. The average molecular weight is 214 g/mol. The van der Waals surface area contributed by atoms with Gasteiger partial charge in [0.15, 0.2) is 0 Å². The van der Waals surface area contributed by atoms with Crippen LogP contribution in [-0.2, 0) is 9.53 Å². The summed E-state index contributed by atoms with van der Waals surface area (Å²) in [6.45, 7) is 1.57. The summed E-state index contributed by atoms with van der Waals surface area (Å²) in [7, 11) is 0. The van der Waals surface area contributed by atoms with Crippen molar-refractivity contribution in [2.75, 3.05) is 19.6 Å². The highest BCUT2D eigenvalue weighted by Crippen LogP contribution is 2.22. The van der Waals surface area contributed by atoms with Crippen molar-refractivity contribution in [1.82, 2.24) is 4.90 Å². The molecule has 0 bridgehead atoms. The van der Waals surface area contributed by atoms with Crippen molar-refractivity contribution in [2.45, 2.75) is 37.6 Å². The van der Waals surface area contributed by atoms with Crippen molar-refractivity contribution < 1.29 is 14.6 Å². The van der Waals surface area contributed by atoms with E-state index in [2.05, 4.69) is 0 Å². The lowest BCUT2D eigenvalue weighted by molar-refractivity contribution is -0.142. The second kappa shape index (κ2) is 4.47. The summed E-state index contributed by atoms with van der Waals surface area (Å²) in [6.07, 6.45) is 1.64. The van der Waals surface area contributed by atoms with Crippen LogP contribution in [0, 0.1) is 0 Å². The SMILES string of the molecule is NCC1CCC(C(=O)N2CCC(O)C2)O1. The molecule has 0 aliphatic carbocycles. The lowest BCUT2D eigenvalue weighted by Crippen LogP contribution is -2.38. The third-order valence-electron chi connectivity index (χ3n) is 3.12. The molecule has 0 aromatic carbocycles. The lowest BCUT2D eigenvalue weighted by atomic mass is 10.2. The largest absolute Gasteiger partial charge is 0.391 e. The van der Waals surface area contributed by atoms with E-state index < -0.39 is 0 Å². The summed E-state index contributed by atoms with van der Waals surface area (Å²) in [6, 6.07) is 0. The van der Waals surface area contributed by atoms with E-state index in [4.69, 9.17) is 10.5 Å². The molecule has 2 aliphatic heterocycles. The number of ether oxygens (including phenoxy) is 1. The van der Waals surface area contributed by atoms with E-state index in [0.29, 0.717) is 26.1 Å². The number of carbonyl (C=O) groups excluding carboxylic acids is 1. The Bertz CT molecular complexity index is 247. The molecular weight excluding hydrogens is 196 g/mol. The maximum Gasteiger partial charge on any atom is 0.251 e. The Kier molecular flexibility index (Phi) is 3.23. The van der Waals surface area contributed by atoms with Gasteiger partial charge in [-0.05, 0) is 19.3 Å². The van der Waals surface area contributed by atoms with Gasteiger partial charge in [-0.2, -0.15) is 0 Å². The number of carbonyl (C=O) groups is 1. The van der Waals surface area contributed by atoms with Crippen molar-refractivity contribution in [3.8, 4) is 0 Å². The van der Waals surface area contributed by atoms with Crippen LogP contribution in [0.25, 0.3) is 0 Å². The molecule has 86 valence electrons. The van der Waals surface area contributed by atoms with Crippen LogP contribution < -0.4 is 5.73 Å². The number of amides is 1. The average Bonchev–Trinajstić information content (AvgIpc) is 2.84. The molecule has 0 spiro atoms. The van der Waals surface area contributed by atoms with Gasteiger partial charge in [-0.25, -0.2) is 0 Å². The first-order valence-electron chi connectivity index (χ1n) is 5.53. The first-order valence-corrected chi connectivity index (χ1v) is 5.53. The highest BCUT2D eigenvalue weighted by molar-refractivity contribution is 5.81. The first-order chi connectivity index (χ1) is 7.20. The number of hydrogen-bond acceptors (Lipinski definition) is 4. The minimum Gasteiger partial charge on any atom is -0.391 e. The van der Waals surface area contributed by atoms with Crippen LogP contribution in [0.4, 0.5) is 0 Å². The quantitative estimate of drug-likeness (QED) is 0.623. The topological polar surface area (TPSA) is 75.8 Å². The Balaban J connectivity index is 1.86. The molecule has 3 atom stereocenters. The molecule has 0 saturated carbocycles. The molecule has 0 radical (unpaired) electrons. The molecule has 2 heterocycles. The van der Waals surface area contributed by atoms with Gasteiger partial charge in [-0.3, -0.25) is 4.79 Å². The number of nitrogens with zero attached hydrogens (tertiary/aromatic N) is 1. The Morgan fingerprint density at radius 1 is 1.47 bits per heavy atom. The van der Waals surface area contributed by atoms with Gasteiger partial charge in [0, 0.05) is 19.6 Å². The third-order valence-corrected chi connectivity index (χ3v) is 3.12. The van der Waals surface area contributed by atoms with E-state index in [0.717, 1.165) is 12.8 Å². The first kappa shape index (κ1) is 10.9. The fourth-order valence-electron chi connectivity index (χ4n) is 2.21. The standard InChI is InChI=1S/C10H18N2O3/c11-5-8-1-2-9(15-8)10(14)12-4-3-7(13)6-12/h7-9,13H,1-6,11H2. The molecule has 2 fully saturated rings. The van der Waals surface area contributed by atoms with Gasteiger partial charge >= 0.3 is 0 Å². The summed E-state index contributed by atoms with van der Waals surface area (Å²) in [5.74, 6) is 0.0162. The fraction of sp³-hybridized carbons (Fsp3) is 0.900. The van der Waals surface area contributed by atoms with Gasteiger partial charge in [0.1, 0.15) is 6.10 Å². The Hall–Kier alpha value is -0.650. The summed E-state index contributed by atoms with van der Waals surface area (Å²) in [4.78, 5) is 13.6. The smallest absolute Gasteiger partial charge is 0.251 e. The molecule has 3 unspecified atom stereocenters. The van der Waals surface area contributed by atoms with E-state index >= 15 is 0 Å². The van der Waals surface area contributed by atoms with Gasteiger partial charge in [0.05, 0.1) is 12.2 Å². The van der Waals surface area contributed by atoms with E-state index in [1.807, 2.05) is 0 Å². The van der Waals surface area contributed by atoms with Crippen molar-refractivity contribution in [1.29, 1.82) is 0 Å². The molecule has 5 nitrogen and oxygen atoms in total. The van der Waals surface area contributed by atoms with Crippen molar-refractivity contribution >= 4 is 5.91 Å². The van der Waals surface area contributed by atoms with Crippen LogP contribution in [0.2, 0.25) is 0 Å². The summed E-state index contributed by atoms with van der Waals surface area (Å²) >= 11 is 0. The number of likely N-dealkylation sites (tertiary alicyclic amines) is 1. The molecule has 0 aromatic heterocycles. The molecule has 15 heavy (non-hydrogen) atoms. The van der Waals surface area contributed by atoms with Crippen molar-refractivity contribution in [3.63, 3.8) is 0 Å². The second-order valence-electron chi connectivity index (χ2n) is 4.29. The van der Waals surface area contributed by atoms with E-state index in [1.165, 1.54) is 0 Å². The van der Waals surface area contributed by atoms with Gasteiger partial charge < -0.3 is 20.5 Å². The molecule has 0 aromatic rings. The molecule has 3 N–H and O–H groups in total. The van der Waals surface area contributed by atoms with Crippen molar-refractivity contribution in [3.05, 3.63) is 0 Å². The molecule has 2 rings (SSSR count). The maximum atomic E-state index is 11.9. The van der Waals surface area contributed by atoms with E-state index in [9.17, 15) is 9.90 Å². The van der Waals surface area contributed by atoms with Crippen LogP contribution in [-0.4, -0.2) is 53.9 Å². The number of β-amino-alcohol motifs (C(OH)–C–C–N with tert-alkyl or cyclic N) is 1. The maximum absolute atomic E-state index is 11.9. The number of rotatable bonds is 2. The van der Waals surface area contributed by atoms with Crippen LogP contribution in [0.1, 0.15) is 19.3 Å². The predicted molar refractivity (Wildman–Crippen MR) is 54.2 cm³/mol. The zero-order valence-corrected chi connectivity index (χ0v) is 8.76. The number of hydrogen-bond donors (Lipinski definition) is 2. The molecule has 2 saturated heterocycles. The normalized spacial score (nSPS) is 36.1. The monoisotopic (exact) mass is 214 g/mol. The zero-order valence-electron chi connectivity index (χ0n) is 8.76. The Labute approximate surface area is 89.2 Å². The predicted octanol–water partition coefficient (Wildman–Crippen LogP) is -0.914. The minimum atomic E-state index is -0.361. The van der Waals surface area contributed by atoms with Gasteiger partial charge in [0.25, 0.3) is 5.91 Å². The van der Waals surface area contributed by atoms with Crippen molar-refractivity contribution in [2.24, 2.45) is 5.73 Å². The van der Waals surface area contributed by atoms with Crippen LogP contribution in [0.15, 0.2) is 0 Å². The summed E-state index contributed by atoms with van der Waals surface area (Å²) < 4.78 is 5.52. The highest BCUT2D eigenvalue weighted by Gasteiger charge is 2.35. The van der Waals surface area contributed by atoms with Gasteiger partial charge in [0.2, 0.25) is 0 Å². The zero-order chi connectivity index (χ0) is 10.8. The minimum absolute atomic E-state index is 0.0162. The highest BCUT2D eigenvalue weighted by atomic mass is 16.5. The molecule has 5 heteroatoms. The van der Waals surface area contributed by atoms with Gasteiger partial charge in [-0.1, -0.05) is 0 Å².